The van der Waals surface area contributed by atoms with Gasteiger partial charge in [-0.2, -0.15) is 0 Å². The first kappa shape index (κ1) is 17.7. The number of fused-ring (bicyclic) bond motifs is 3. The lowest BCUT2D eigenvalue weighted by Gasteiger charge is -2.40. The number of aromatic nitrogens is 1. The van der Waals surface area contributed by atoms with Gasteiger partial charge in [-0.05, 0) is 45.2 Å². The van der Waals surface area contributed by atoms with Gasteiger partial charge in [-0.3, -0.25) is 9.91 Å². The molecule has 0 spiro atoms. The summed E-state index contributed by atoms with van der Waals surface area (Å²) in [6.45, 7) is 5.75. The summed E-state index contributed by atoms with van der Waals surface area (Å²) in [5, 5.41) is 3.14. The highest BCUT2D eigenvalue weighted by molar-refractivity contribution is 5.87. The standard InChI is InChI=1S/C23H26N4/c1-5-13-26-20-11-8-17(3)15-19(20)22-21(26)12-14-25(4)23(22)27(24)18-9-6-16(2)7-10-18/h1,6-11,15,23H,12-14,24H2,2-4H3. The first-order valence-electron chi connectivity index (χ1n) is 9.37. The smallest absolute Gasteiger partial charge is 0.125 e. The second-order valence-electron chi connectivity index (χ2n) is 7.52. The summed E-state index contributed by atoms with van der Waals surface area (Å²) < 4.78 is 2.28. The number of nitrogens with zero attached hydrogens (tertiary/aromatic N) is 3. The number of likely N-dealkylation sites (N-methyl/N-ethyl adjacent to an activating group) is 1. The molecule has 1 aliphatic heterocycles. The SMILES string of the molecule is C#CCn1c2c(c3cc(C)ccc31)C(N(N)c1ccc(C)cc1)N(C)CC2. The highest BCUT2D eigenvalue weighted by atomic mass is 15.5. The minimum atomic E-state index is -0.0280. The molecule has 1 unspecified atom stereocenters. The van der Waals surface area contributed by atoms with E-state index in [9.17, 15) is 0 Å². The van der Waals surface area contributed by atoms with Crippen LogP contribution in [0.4, 0.5) is 5.69 Å². The Balaban J connectivity index is 1.92. The zero-order valence-electron chi connectivity index (χ0n) is 16.2. The van der Waals surface area contributed by atoms with Gasteiger partial charge in [-0.1, -0.05) is 35.2 Å². The number of hydrazine groups is 1. The van der Waals surface area contributed by atoms with Crippen LogP contribution in [0.25, 0.3) is 10.9 Å². The van der Waals surface area contributed by atoms with Gasteiger partial charge in [0.15, 0.2) is 0 Å². The molecule has 2 aromatic carbocycles. The van der Waals surface area contributed by atoms with E-state index in [-0.39, 0.29) is 6.17 Å². The minimum absolute atomic E-state index is 0.0280. The van der Waals surface area contributed by atoms with Crippen LogP contribution in [0, 0.1) is 26.2 Å². The van der Waals surface area contributed by atoms with E-state index < -0.39 is 0 Å². The van der Waals surface area contributed by atoms with Crippen molar-refractivity contribution in [2.45, 2.75) is 33.0 Å². The molecule has 1 atom stereocenters. The summed E-state index contributed by atoms with van der Waals surface area (Å²) in [6, 6.07) is 15.0. The fourth-order valence-electron chi connectivity index (χ4n) is 4.21. The molecule has 0 amide bonds. The quantitative estimate of drug-likeness (QED) is 0.440. The van der Waals surface area contributed by atoms with Gasteiger partial charge in [0, 0.05) is 35.1 Å². The summed E-state index contributed by atoms with van der Waals surface area (Å²) in [5.41, 5.74) is 7.26. The molecule has 27 heavy (non-hydrogen) atoms. The van der Waals surface area contributed by atoms with E-state index in [0.29, 0.717) is 6.54 Å². The Bertz CT molecular complexity index is 1020. The van der Waals surface area contributed by atoms with Crippen LogP contribution >= 0.6 is 0 Å². The van der Waals surface area contributed by atoms with Gasteiger partial charge in [-0.25, -0.2) is 5.84 Å². The molecule has 1 aromatic heterocycles. The number of terminal acetylenes is 1. The first-order chi connectivity index (χ1) is 13.0. The number of rotatable bonds is 3. The fraction of sp³-hybridized carbons (Fsp3) is 0.304. The second kappa shape index (κ2) is 6.77. The van der Waals surface area contributed by atoms with Gasteiger partial charge in [0.05, 0.1) is 12.2 Å². The van der Waals surface area contributed by atoms with Crippen LogP contribution in [0.15, 0.2) is 42.5 Å². The predicted octanol–water partition coefficient (Wildman–Crippen LogP) is 3.76. The van der Waals surface area contributed by atoms with Crippen molar-refractivity contribution in [3.63, 3.8) is 0 Å². The van der Waals surface area contributed by atoms with Crippen LogP contribution < -0.4 is 10.9 Å². The van der Waals surface area contributed by atoms with Crippen LogP contribution in [0.5, 0.6) is 0 Å². The predicted molar refractivity (Wildman–Crippen MR) is 112 cm³/mol. The van der Waals surface area contributed by atoms with Gasteiger partial charge in [0.2, 0.25) is 0 Å². The molecule has 0 radical (unpaired) electrons. The number of benzene rings is 2. The molecule has 138 valence electrons. The van der Waals surface area contributed by atoms with Crippen molar-refractivity contribution in [2.24, 2.45) is 5.84 Å². The summed E-state index contributed by atoms with van der Waals surface area (Å²) in [7, 11) is 2.14. The number of aryl methyl sites for hydroxylation is 2. The van der Waals surface area contributed by atoms with Crippen molar-refractivity contribution in [1.82, 2.24) is 9.47 Å². The lowest BCUT2D eigenvalue weighted by atomic mass is 9.99. The normalized spacial score (nSPS) is 16.9. The Morgan fingerprint density at radius 3 is 2.56 bits per heavy atom. The molecule has 4 nitrogen and oxygen atoms in total. The van der Waals surface area contributed by atoms with Crippen LogP contribution in [0.1, 0.15) is 28.6 Å². The van der Waals surface area contributed by atoms with Crippen LogP contribution in [0.2, 0.25) is 0 Å². The Morgan fingerprint density at radius 1 is 1.15 bits per heavy atom. The third-order valence-electron chi connectivity index (χ3n) is 5.59. The third-order valence-corrected chi connectivity index (χ3v) is 5.59. The lowest BCUT2D eigenvalue weighted by Crippen LogP contribution is -2.47. The number of anilines is 1. The molecule has 0 saturated heterocycles. The first-order valence-corrected chi connectivity index (χ1v) is 9.37. The van der Waals surface area contributed by atoms with Crippen molar-refractivity contribution in [1.29, 1.82) is 0 Å². The van der Waals surface area contributed by atoms with E-state index in [1.807, 2.05) is 5.01 Å². The van der Waals surface area contributed by atoms with Gasteiger partial charge in [-0.15, -0.1) is 6.42 Å². The molecule has 3 aromatic rings. The van der Waals surface area contributed by atoms with E-state index in [4.69, 9.17) is 12.3 Å². The van der Waals surface area contributed by atoms with E-state index in [2.05, 4.69) is 78.7 Å². The highest BCUT2D eigenvalue weighted by Crippen LogP contribution is 2.39. The van der Waals surface area contributed by atoms with Crippen molar-refractivity contribution < 1.29 is 0 Å². The monoisotopic (exact) mass is 358 g/mol. The van der Waals surface area contributed by atoms with Gasteiger partial charge in [0.25, 0.3) is 0 Å². The molecule has 0 aliphatic carbocycles. The zero-order valence-corrected chi connectivity index (χ0v) is 16.2. The van der Waals surface area contributed by atoms with Crippen molar-refractivity contribution in [3.8, 4) is 12.3 Å². The minimum Gasteiger partial charge on any atom is -0.332 e. The molecular formula is C23H26N4. The fourth-order valence-corrected chi connectivity index (χ4v) is 4.21. The number of hydrogen-bond acceptors (Lipinski definition) is 3. The van der Waals surface area contributed by atoms with Crippen molar-refractivity contribution in [2.75, 3.05) is 18.6 Å². The maximum atomic E-state index is 6.68. The molecule has 0 saturated carbocycles. The highest BCUT2D eigenvalue weighted by Gasteiger charge is 2.34. The Hall–Kier alpha value is -2.74. The lowest BCUT2D eigenvalue weighted by molar-refractivity contribution is 0.222. The summed E-state index contributed by atoms with van der Waals surface area (Å²) in [4.78, 5) is 2.32. The summed E-state index contributed by atoms with van der Waals surface area (Å²) >= 11 is 0. The van der Waals surface area contributed by atoms with E-state index in [1.54, 1.807) is 0 Å². The number of nitrogens with two attached hydrogens (primary N) is 1. The maximum Gasteiger partial charge on any atom is 0.125 e. The molecule has 1 aliphatic rings. The zero-order chi connectivity index (χ0) is 19.1. The number of hydrogen-bond donors (Lipinski definition) is 1. The molecule has 2 N–H and O–H groups in total. The molecule has 0 bridgehead atoms. The van der Waals surface area contributed by atoms with Gasteiger partial charge < -0.3 is 4.57 Å². The van der Waals surface area contributed by atoms with Crippen molar-refractivity contribution >= 4 is 16.6 Å². The van der Waals surface area contributed by atoms with E-state index in [1.165, 1.54) is 33.3 Å². The molecule has 0 fully saturated rings. The van der Waals surface area contributed by atoms with Crippen LogP contribution in [-0.2, 0) is 13.0 Å². The van der Waals surface area contributed by atoms with Gasteiger partial charge in [0.1, 0.15) is 6.17 Å². The third kappa shape index (κ3) is 2.90. The Labute approximate surface area is 161 Å². The summed E-state index contributed by atoms with van der Waals surface area (Å²) in [5.74, 6) is 9.50. The van der Waals surface area contributed by atoms with Gasteiger partial charge >= 0.3 is 0 Å². The average molecular weight is 358 g/mol. The molecular weight excluding hydrogens is 332 g/mol. The van der Waals surface area contributed by atoms with E-state index in [0.717, 1.165) is 18.7 Å². The van der Waals surface area contributed by atoms with E-state index >= 15 is 0 Å². The Kier molecular flexibility index (Phi) is 4.43. The molecule has 4 heteroatoms. The maximum absolute atomic E-state index is 6.68. The largest absolute Gasteiger partial charge is 0.332 e. The Morgan fingerprint density at radius 2 is 1.85 bits per heavy atom. The second-order valence-corrected chi connectivity index (χ2v) is 7.52. The average Bonchev–Trinajstić information content (AvgIpc) is 2.95. The molecule has 4 rings (SSSR count). The topological polar surface area (TPSA) is 37.4 Å². The van der Waals surface area contributed by atoms with Crippen LogP contribution in [0.3, 0.4) is 0 Å². The van der Waals surface area contributed by atoms with Crippen LogP contribution in [-0.4, -0.2) is 23.1 Å². The van der Waals surface area contributed by atoms with Crippen molar-refractivity contribution in [3.05, 3.63) is 64.8 Å². The molecule has 2 heterocycles. The summed E-state index contributed by atoms with van der Waals surface area (Å²) in [6.07, 6.45) is 6.63.